The van der Waals surface area contributed by atoms with E-state index >= 15 is 4.39 Å². The molecule has 1 fully saturated rings. The maximum Gasteiger partial charge on any atom is 0.335 e. The van der Waals surface area contributed by atoms with Crippen LogP contribution < -0.4 is 17.0 Å². The second-order valence-electron chi connectivity index (χ2n) is 8.49. The minimum Gasteiger partial charge on any atom is -0.458 e. The molecule has 0 unspecified atom stereocenters. The third-order valence-corrected chi connectivity index (χ3v) is 5.80. The molecule has 13 heteroatoms. The van der Waals surface area contributed by atoms with Crippen molar-refractivity contribution >= 4 is 11.9 Å². The molecule has 34 heavy (non-hydrogen) atoms. The van der Waals surface area contributed by atoms with Crippen molar-refractivity contribution in [2.24, 2.45) is 17.6 Å². The fourth-order valence-corrected chi connectivity index (χ4v) is 3.34. The number of rotatable bonds is 10. The van der Waals surface area contributed by atoms with E-state index in [1.165, 1.54) is 0 Å². The Morgan fingerprint density at radius 1 is 1.21 bits per heavy atom. The van der Waals surface area contributed by atoms with Crippen molar-refractivity contribution in [2.45, 2.75) is 77.6 Å². The van der Waals surface area contributed by atoms with Crippen molar-refractivity contribution in [3.05, 3.63) is 33.1 Å². The smallest absolute Gasteiger partial charge is 0.335 e. The summed E-state index contributed by atoms with van der Waals surface area (Å²) in [6.45, 7) is 5.09. The van der Waals surface area contributed by atoms with Crippen molar-refractivity contribution in [3.63, 3.8) is 0 Å². The van der Waals surface area contributed by atoms with Crippen molar-refractivity contribution in [1.29, 1.82) is 0 Å². The molecule has 1 aromatic heterocycles. The first-order valence-electron chi connectivity index (χ1n) is 11.0. The number of alkyl halides is 1. The number of esters is 2. The Labute approximate surface area is 195 Å². The first-order valence-corrected chi connectivity index (χ1v) is 11.0. The van der Waals surface area contributed by atoms with E-state index in [4.69, 9.17) is 19.9 Å². The van der Waals surface area contributed by atoms with Crippen LogP contribution in [0.5, 0.6) is 0 Å². The largest absolute Gasteiger partial charge is 0.458 e. The number of hydrogen-bond donors (Lipinski definition) is 3. The summed E-state index contributed by atoms with van der Waals surface area (Å²) < 4.78 is 31.4. The van der Waals surface area contributed by atoms with Crippen LogP contribution in [0.2, 0.25) is 0 Å². The number of carbonyl (C=O) groups excluding carboxylic acids is 2. The van der Waals surface area contributed by atoms with Crippen LogP contribution in [0.25, 0.3) is 0 Å². The van der Waals surface area contributed by atoms with E-state index in [-0.39, 0.29) is 5.92 Å². The Bertz CT molecular complexity index is 990. The molecule has 0 saturated carbocycles. The number of aliphatic hydroxyl groups excluding tert-OH is 2. The Balaban J connectivity index is 2.23. The van der Waals surface area contributed by atoms with Gasteiger partial charge in [-0.1, -0.05) is 27.7 Å². The monoisotopic (exact) mass is 489 g/mol. The summed E-state index contributed by atoms with van der Waals surface area (Å²) in [5, 5.41) is 20.5. The zero-order valence-corrected chi connectivity index (χ0v) is 19.5. The van der Waals surface area contributed by atoms with Gasteiger partial charge < -0.3 is 30.2 Å². The highest BCUT2D eigenvalue weighted by molar-refractivity contribution is 5.75. The molecule has 0 bridgehead atoms. The predicted molar refractivity (Wildman–Crippen MR) is 115 cm³/mol. The quantitative estimate of drug-likeness (QED) is 0.360. The lowest BCUT2D eigenvalue weighted by molar-refractivity contribution is -0.217. The van der Waals surface area contributed by atoms with Gasteiger partial charge in [0, 0.05) is 12.3 Å². The van der Waals surface area contributed by atoms with Gasteiger partial charge in [0.15, 0.2) is 19.6 Å². The van der Waals surface area contributed by atoms with Crippen molar-refractivity contribution in [3.8, 4) is 0 Å². The molecule has 2 rings (SSSR count). The average molecular weight is 489 g/mol. The fourth-order valence-electron chi connectivity index (χ4n) is 3.34. The van der Waals surface area contributed by atoms with Crippen LogP contribution >= 0.6 is 0 Å². The van der Waals surface area contributed by atoms with Gasteiger partial charge in [-0.15, -0.1) is 0 Å². The standard InChI is InChI=1S/C21H32FN3O9/c1-5-12(6-2)18(29)33-10-25-13(26)7-8-24(20(25)31)17-15(27)16(28)21(22,34-17)9-32-19(30)14(23)11(3)4/h7-8,11-12,14-17,27-28H,5-6,9-10,23H2,1-4H3/t14-,15+,16-,17+,21+/m0/s1. The molecule has 4 N–H and O–H groups in total. The molecule has 2 heterocycles. The second kappa shape index (κ2) is 11.2. The number of aliphatic hydroxyl groups is 2. The molecule has 1 aliphatic rings. The summed E-state index contributed by atoms with van der Waals surface area (Å²) in [6, 6.07) is -0.119. The summed E-state index contributed by atoms with van der Waals surface area (Å²) in [5.41, 5.74) is 3.75. The Kier molecular flexibility index (Phi) is 9.11. The van der Waals surface area contributed by atoms with Crippen LogP contribution in [0.3, 0.4) is 0 Å². The number of aromatic nitrogens is 2. The highest BCUT2D eigenvalue weighted by Crippen LogP contribution is 2.38. The van der Waals surface area contributed by atoms with Crippen LogP contribution in [-0.4, -0.2) is 62.0 Å². The molecule has 0 amide bonds. The van der Waals surface area contributed by atoms with E-state index in [0.29, 0.717) is 22.0 Å². The van der Waals surface area contributed by atoms with E-state index in [1.54, 1.807) is 27.7 Å². The molecule has 5 atom stereocenters. The Hall–Kier alpha value is -2.61. The zero-order valence-electron chi connectivity index (χ0n) is 19.5. The molecule has 0 aliphatic carbocycles. The highest BCUT2D eigenvalue weighted by atomic mass is 19.2. The number of ether oxygens (including phenoxy) is 3. The molecule has 0 aromatic carbocycles. The molecule has 1 saturated heterocycles. The topological polar surface area (TPSA) is 172 Å². The van der Waals surface area contributed by atoms with Crippen LogP contribution in [-0.2, 0) is 30.5 Å². The molecule has 0 spiro atoms. The molecule has 12 nitrogen and oxygen atoms in total. The predicted octanol–water partition coefficient (Wildman–Crippen LogP) is -0.610. The Morgan fingerprint density at radius 3 is 2.38 bits per heavy atom. The highest BCUT2D eigenvalue weighted by Gasteiger charge is 2.57. The van der Waals surface area contributed by atoms with Crippen LogP contribution in [0, 0.1) is 11.8 Å². The summed E-state index contributed by atoms with van der Waals surface area (Å²) in [7, 11) is 0. The van der Waals surface area contributed by atoms with E-state index < -0.39 is 72.8 Å². The van der Waals surface area contributed by atoms with Gasteiger partial charge >= 0.3 is 17.6 Å². The average Bonchev–Trinajstić information content (AvgIpc) is 3.02. The van der Waals surface area contributed by atoms with Gasteiger partial charge in [0.1, 0.15) is 18.2 Å². The summed E-state index contributed by atoms with van der Waals surface area (Å²) >= 11 is 0. The fraction of sp³-hybridized carbons (Fsp3) is 0.714. The number of hydrogen-bond acceptors (Lipinski definition) is 10. The first-order chi connectivity index (χ1) is 15.9. The normalized spacial score (nSPS) is 25.5. The number of nitrogens with zero attached hydrogens (tertiary/aromatic N) is 2. The minimum atomic E-state index is -3.06. The van der Waals surface area contributed by atoms with Crippen molar-refractivity contribution in [1.82, 2.24) is 9.13 Å². The van der Waals surface area contributed by atoms with Crippen molar-refractivity contribution < 1.29 is 38.4 Å². The van der Waals surface area contributed by atoms with Crippen LogP contribution in [0.1, 0.15) is 46.8 Å². The van der Waals surface area contributed by atoms with Gasteiger partial charge in [-0.3, -0.25) is 19.0 Å². The number of nitrogens with two attached hydrogens (primary N) is 1. The molecular formula is C21H32FN3O9. The van der Waals surface area contributed by atoms with E-state index in [0.717, 1.165) is 12.3 Å². The SMILES string of the molecule is CCC(CC)C(=O)OCn1c(=O)ccn([C@@H]2O[C@](F)(COC(=O)[C@@H](N)C(C)C)[C@@H](O)[C@H]2O)c1=O. The lowest BCUT2D eigenvalue weighted by Gasteiger charge is -2.24. The lowest BCUT2D eigenvalue weighted by atomic mass is 10.0. The molecule has 0 radical (unpaired) electrons. The van der Waals surface area contributed by atoms with Gasteiger partial charge in [0.05, 0.1) is 5.92 Å². The van der Waals surface area contributed by atoms with Gasteiger partial charge in [-0.25, -0.2) is 13.8 Å². The van der Waals surface area contributed by atoms with Gasteiger partial charge in [0.2, 0.25) is 0 Å². The maximum atomic E-state index is 15.2. The van der Waals surface area contributed by atoms with E-state index in [1.807, 2.05) is 0 Å². The van der Waals surface area contributed by atoms with Crippen LogP contribution in [0.15, 0.2) is 21.9 Å². The number of carbonyl (C=O) groups is 2. The minimum absolute atomic E-state index is 0.297. The van der Waals surface area contributed by atoms with Crippen molar-refractivity contribution in [2.75, 3.05) is 6.61 Å². The zero-order chi connectivity index (χ0) is 25.8. The van der Waals surface area contributed by atoms with E-state index in [9.17, 15) is 29.4 Å². The second-order valence-corrected chi connectivity index (χ2v) is 8.49. The third kappa shape index (κ3) is 5.71. The first kappa shape index (κ1) is 27.6. The molecule has 192 valence electrons. The van der Waals surface area contributed by atoms with Gasteiger partial charge in [-0.05, 0) is 18.8 Å². The van der Waals surface area contributed by atoms with Gasteiger partial charge in [0.25, 0.3) is 11.4 Å². The van der Waals surface area contributed by atoms with E-state index in [2.05, 4.69) is 0 Å². The third-order valence-electron chi connectivity index (χ3n) is 5.80. The summed E-state index contributed by atoms with van der Waals surface area (Å²) in [5.74, 6) is -5.29. The number of halogens is 1. The van der Waals surface area contributed by atoms with Crippen LogP contribution in [0.4, 0.5) is 4.39 Å². The Morgan fingerprint density at radius 2 is 1.82 bits per heavy atom. The molecular weight excluding hydrogens is 457 g/mol. The summed E-state index contributed by atoms with van der Waals surface area (Å²) in [6.07, 6.45) is -3.97. The maximum absolute atomic E-state index is 15.2. The lowest BCUT2D eigenvalue weighted by Crippen LogP contribution is -2.46. The molecule has 1 aromatic rings. The van der Waals surface area contributed by atoms with Gasteiger partial charge in [-0.2, -0.15) is 0 Å². The molecule has 1 aliphatic heterocycles. The summed E-state index contributed by atoms with van der Waals surface area (Å²) in [4.78, 5) is 49.0.